The maximum absolute atomic E-state index is 4.92. The van der Waals surface area contributed by atoms with E-state index < -0.39 is 0 Å². The molecule has 21 heavy (non-hydrogen) atoms. The van der Waals surface area contributed by atoms with E-state index in [-0.39, 0.29) is 0 Å². The number of oxime groups is 1. The Labute approximate surface area is 123 Å². The lowest BCUT2D eigenvalue weighted by Crippen LogP contribution is -2.12. The van der Waals surface area contributed by atoms with Crippen LogP contribution in [0, 0.1) is 17.8 Å². The monoisotopic (exact) mass is 280 g/mol. The van der Waals surface area contributed by atoms with Crippen molar-refractivity contribution in [1.82, 2.24) is 14.8 Å². The summed E-state index contributed by atoms with van der Waals surface area (Å²) in [4.78, 5) is 8.85. The molecule has 1 aromatic carbocycles. The van der Waals surface area contributed by atoms with Crippen LogP contribution in [0.25, 0.3) is 0 Å². The normalized spacial score (nSPS) is 14.4. The molecule has 0 aliphatic heterocycles. The quantitative estimate of drug-likeness (QED) is 0.489. The molecule has 0 unspecified atom stereocenters. The molecule has 1 aromatic heterocycles. The Bertz CT molecular complexity index is 673. The van der Waals surface area contributed by atoms with Crippen molar-refractivity contribution in [3.05, 3.63) is 48.0 Å². The standard InChI is InChI=1S/C16H16N4O/c1-21-19-16(10-20-12-17-11-18-20)15-8-6-14(7-9-15)5-4-13-2-3-13/h6-9,11-13H,2-3,10H2,1H3/b19-16+. The van der Waals surface area contributed by atoms with Crippen LogP contribution in [-0.4, -0.2) is 27.6 Å². The topological polar surface area (TPSA) is 52.3 Å². The van der Waals surface area contributed by atoms with Crippen molar-refractivity contribution in [3.63, 3.8) is 0 Å². The predicted molar refractivity (Wildman–Crippen MR) is 79.6 cm³/mol. The number of rotatable bonds is 4. The summed E-state index contributed by atoms with van der Waals surface area (Å²) in [6, 6.07) is 8.03. The zero-order valence-corrected chi connectivity index (χ0v) is 11.9. The molecule has 1 fully saturated rings. The summed E-state index contributed by atoms with van der Waals surface area (Å²) in [5, 5.41) is 8.16. The second-order valence-corrected chi connectivity index (χ2v) is 4.93. The minimum Gasteiger partial charge on any atom is -0.399 e. The largest absolute Gasteiger partial charge is 0.399 e. The SMILES string of the molecule is CO/N=C(\Cn1cncn1)c1ccc(C#CC2CC2)cc1. The van der Waals surface area contributed by atoms with Gasteiger partial charge < -0.3 is 4.84 Å². The van der Waals surface area contributed by atoms with Gasteiger partial charge in [0.05, 0.1) is 6.54 Å². The van der Waals surface area contributed by atoms with Crippen LogP contribution in [0.15, 0.2) is 42.1 Å². The molecular weight excluding hydrogens is 264 g/mol. The Kier molecular flexibility index (Phi) is 3.97. The molecule has 5 nitrogen and oxygen atoms in total. The fourth-order valence-corrected chi connectivity index (χ4v) is 1.91. The second kappa shape index (κ2) is 6.23. The molecule has 3 rings (SSSR count). The molecule has 5 heteroatoms. The average molecular weight is 280 g/mol. The average Bonchev–Trinajstić information content (AvgIpc) is 3.21. The zero-order valence-electron chi connectivity index (χ0n) is 11.9. The van der Waals surface area contributed by atoms with Crippen molar-refractivity contribution in [3.8, 4) is 11.8 Å². The Morgan fingerprint density at radius 3 is 2.81 bits per heavy atom. The fraction of sp³-hybridized carbons (Fsp3) is 0.312. The summed E-state index contributed by atoms with van der Waals surface area (Å²) >= 11 is 0. The summed E-state index contributed by atoms with van der Waals surface area (Å²) < 4.78 is 1.71. The lowest BCUT2D eigenvalue weighted by molar-refractivity contribution is 0.212. The second-order valence-electron chi connectivity index (χ2n) is 4.93. The minimum atomic E-state index is 0.515. The van der Waals surface area contributed by atoms with Gasteiger partial charge in [0, 0.05) is 17.0 Å². The van der Waals surface area contributed by atoms with E-state index in [4.69, 9.17) is 4.84 Å². The van der Waals surface area contributed by atoms with Crippen LogP contribution in [0.5, 0.6) is 0 Å². The van der Waals surface area contributed by atoms with E-state index in [1.807, 2.05) is 24.3 Å². The molecule has 1 saturated carbocycles. The molecule has 106 valence electrons. The van der Waals surface area contributed by atoms with Crippen LogP contribution >= 0.6 is 0 Å². The third-order valence-corrected chi connectivity index (χ3v) is 3.20. The van der Waals surface area contributed by atoms with Crippen molar-refractivity contribution in [1.29, 1.82) is 0 Å². The van der Waals surface area contributed by atoms with E-state index in [1.54, 1.807) is 11.0 Å². The first-order valence-corrected chi connectivity index (χ1v) is 6.89. The van der Waals surface area contributed by atoms with E-state index in [9.17, 15) is 0 Å². The van der Waals surface area contributed by atoms with E-state index in [1.165, 1.54) is 26.3 Å². The van der Waals surface area contributed by atoms with Crippen LogP contribution in [0.4, 0.5) is 0 Å². The highest BCUT2D eigenvalue weighted by molar-refractivity contribution is 6.00. The van der Waals surface area contributed by atoms with Crippen LogP contribution in [0.3, 0.4) is 0 Å². The summed E-state index contributed by atoms with van der Waals surface area (Å²) in [7, 11) is 1.54. The van der Waals surface area contributed by atoms with Gasteiger partial charge in [0.2, 0.25) is 0 Å². The molecule has 1 heterocycles. The number of benzene rings is 1. The van der Waals surface area contributed by atoms with E-state index >= 15 is 0 Å². The molecule has 1 aliphatic carbocycles. The predicted octanol–water partition coefficient (Wildman–Crippen LogP) is 2.09. The lowest BCUT2D eigenvalue weighted by Gasteiger charge is -2.06. The molecule has 0 radical (unpaired) electrons. The smallest absolute Gasteiger partial charge is 0.137 e. The van der Waals surface area contributed by atoms with Gasteiger partial charge in [-0.1, -0.05) is 29.1 Å². The van der Waals surface area contributed by atoms with Gasteiger partial charge in [-0.15, -0.1) is 0 Å². The van der Waals surface area contributed by atoms with Gasteiger partial charge in [-0.2, -0.15) is 5.10 Å². The van der Waals surface area contributed by atoms with Crippen molar-refractivity contribution >= 4 is 5.71 Å². The molecule has 0 N–H and O–H groups in total. The molecule has 0 atom stereocenters. The van der Waals surface area contributed by atoms with Crippen LogP contribution in [-0.2, 0) is 11.4 Å². The minimum absolute atomic E-state index is 0.515. The summed E-state index contributed by atoms with van der Waals surface area (Å²) in [5.41, 5.74) is 2.82. The first kappa shape index (κ1) is 13.4. The van der Waals surface area contributed by atoms with Crippen LogP contribution in [0.1, 0.15) is 24.0 Å². The summed E-state index contributed by atoms with van der Waals surface area (Å²) in [6.45, 7) is 0.515. The zero-order chi connectivity index (χ0) is 14.5. The third kappa shape index (κ3) is 3.69. The van der Waals surface area contributed by atoms with Crippen LogP contribution < -0.4 is 0 Å². The van der Waals surface area contributed by atoms with E-state index in [0.29, 0.717) is 12.5 Å². The molecular formula is C16H16N4O. The number of hydrogen-bond donors (Lipinski definition) is 0. The maximum Gasteiger partial charge on any atom is 0.137 e. The van der Waals surface area contributed by atoms with Gasteiger partial charge in [0.15, 0.2) is 0 Å². The van der Waals surface area contributed by atoms with Gasteiger partial charge in [-0.05, 0) is 25.0 Å². The molecule has 0 saturated heterocycles. The van der Waals surface area contributed by atoms with Crippen molar-refractivity contribution < 1.29 is 4.84 Å². The molecule has 1 aliphatic rings. The highest BCUT2D eigenvalue weighted by Gasteiger charge is 2.17. The van der Waals surface area contributed by atoms with Crippen molar-refractivity contribution in [2.75, 3.05) is 7.11 Å². The summed E-state index contributed by atoms with van der Waals surface area (Å²) in [5.74, 6) is 7.07. The van der Waals surface area contributed by atoms with Gasteiger partial charge in [-0.3, -0.25) is 0 Å². The molecule has 2 aromatic rings. The summed E-state index contributed by atoms with van der Waals surface area (Å²) in [6.07, 6.45) is 5.64. The highest BCUT2D eigenvalue weighted by atomic mass is 16.6. The third-order valence-electron chi connectivity index (χ3n) is 3.20. The Morgan fingerprint density at radius 1 is 1.38 bits per heavy atom. The first-order valence-electron chi connectivity index (χ1n) is 6.89. The van der Waals surface area contributed by atoms with E-state index in [2.05, 4.69) is 27.1 Å². The Balaban J connectivity index is 1.76. The lowest BCUT2D eigenvalue weighted by atomic mass is 10.1. The molecule has 0 amide bonds. The maximum atomic E-state index is 4.92. The van der Waals surface area contributed by atoms with Gasteiger partial charge in [-0.25, -0.2) is 9.67 Å². The van der Waals surface area contributed by atoms with Gasteiger partial charge in [0.1, 0.15) is 25.5 Å². The first-order chi connectivity index (χ1) is 10.3. The van der Waals surface area contributed by atoms with E-state index in [0.717, 1.165) is 16.8 Å². The van der Waals surface area contributed by atoms with Crippen molar-refractivity contribution in [2.24, 2.45) is 11.1 Å². The van der Waals surface area contributed by atoms with Crippen molar-refractivity contribution in [2.45, 2.75) is 19.4 Å². The highest BCUT2D eigenvalue weighted by Crippen LogP contribution is 2.27. The van der Waals surface area contributed by atoms with Gasteiger partial charge in [0.25, 0.3) is 0 Å². The Morgan fingerprint density at radius 2 is 2.19 bits per heavy atom. The molecule has 0 spiro atoms. The fourth-order valence-electron chi connectivity index (χ4n) is 1.91. The van der Waals surface area contributed by atoms with Crippen LogP contribution in [0.2, 0.25) is 0 Å². The number of aromatic nitrogens is 3. The molecule has 0 bridgehead atoms. The Hall–Kier alpha value is -2.61. The van der Waals surface area contributed by atoms with Gasteiger partial charge >= 0.3 is 0 Å². The number of hydrogen-bond acceptors (Lipinski definition) is 4. The number of nitrogens with zero attached hydrogens (tertiary/aromatic N) is 4.